The van der Waals surface area contributed by atoms with Crippen molar-refractivity contribution in [2.45, 2.75) is 33.1 Å². The van der Waals surface area contributed by atoms with Crippen molar-refractivity contribution in [2.24, 2.45) is 0 Å². The molecule has 0 amide bonds. The van der Waals surface area contributed by atoms with Gasteiger partial charge in [0.25, 0.3) is 0 Å². The lowest BCUT2D eigenvalue weighted by atomic mass is 10.2. The van der Waals surface area contributed by atoms with Crippen LogP contribution in [0.25, 0.3) is 0 Å². The fraction of sp³-hybridized carbons (Fsp3) is 0.667. The van der Waals surface area contributed by atoms with Crippen molar-refractivity contribution in [2.75, 3.05) is 23.9 Å². The van der Waals surface area contributed by atoms with Crippen molar-refractivity contribution >= 4 is 17.4 Å². The van der Waals surface area contributed by atoms with Crippen LogP contribution in [0.3, 0.4) is 0 Å². The van der Waals surface area contributed by atoms with Gasteiger partial charge < -0.3 is 4.90 Å². The molecule has 0 bridgehead atoms. The molecule has 3 nitrogen and oxygen atoms in total. The molecular formula is C12H20ClN3. The van der Waals surface area contributed by atoms with Crippen LogP contribution in [0.15, 0.2) is 12.4 Å². The maximum Gasteiger partial charge on any atom is 0.132 e. The quantitative estimate of drug-likeness (QED) is 0.688. The van der Waals surface area contributed by atoms with Crippen LogP contribution in [0.5, 0.6) is 0 Å². The number of aromatic nitrogens is 2. The highest BCUT2D eigenvalue weighted by Gasteiger charge is 2.07. The molecule has 0 spiro atoms. The van der Waals surface area contributed by atoms with Crippen molar-refractivity contribution < 1.29 is 0 Å². The number of nitrogens with zero attached hydrogens (tertiary/aromatic N) is 3. The molecule has 90 valence electrons. The summed E-state index contributed by atoms with van der Waals surface area (Å²) in [4.78, 5) is 10.8. The van der Waals surface area contributed by atoms with Gasteiger partial charge in [-0.15, -0.1) is 11.6 Å². The Morgan fingerprint density at radius 1 is 1.19 bits per heavy atom. The number of alkyl halides is 1. The summed E-state index contributed by atoms with van der Waals surface area (Å²) in [6.07, 6.45) is 4.87. The van der Waals surface area contributed by atoms with E-state index in [0.717, 1.165) is 43.9 Å². The first-order valence-electron chi connectivity index (χ1n) is 5.93. The van der Waals surface area contributed by atoms with E-state index in [2.05, 4.69) is 34.8 Å². The van der Waals surface area contributed by atoms with Crippen LogP contribution < -0.4 is 4.90 Å². The zero-order chi connectivity index (χ0) is 11.8. The number of hydrogen-bond donors (Lipinski definition) is 0. The van der Waals surface area contributed by atoms with E-state index in [9.17, 15) is 0 Å². The van der Waals surface area contributed by atoms with Crippen LogP contribution in [0.2, 0.25) is 0 Å². The monoisotopic (exact) mass is 241 g/mol. The lowest BCUT2D eigenvalue weighted by Gasteiger charge is -2.22. The van der Waals surface area contributed by atoms with Crippen molar-refractivity contribution in [3.05, 3.63) is 18.1 Å². The summed E-state index contributed by atoms with van der Waals surface area (Å²) in [5.41, 5.74) is 1.11. The van der Waals surface area contributed by atoms with E-state index in [1.54, 1.807) is 6.33 Å². The molecule has 0 aromatic carbocycles. The molecule has 0 aliphatic rings. The van der Waals surface area contributed by atoms with Crippen LogP contribution in [0, 0.1) is 0 Å². The van der Waals surface area contributed by atoms with Gasteiger partial charge in [-0.05, 0) is 12.8 Å². The molecular weight excluding hydrogens is 222 g/mol. The van der Waals surface area contributed by atoms with Crippen LogP contribution in [0.4, 0.5) is 5.82 Å². The van der Waals surface area contributed by atoms with E-state index in [-0.39, 0.29) is 0 Å². The molecule has 0 fully saturated rings. The minimum Gasteiger partial charge on any atom is -0.355 e. The summed E-state index contributed by atoms with van der Waals surface area (Å²) in [5.74, 6) is 1.63. The Morgan fingerprint density at radius 2 is 2.00 bits per heavy atom. The molecule has 0 unspecified atom stereocenters. The highest BCUT2D eigenvalue weighted by atomic mass is 35.5. The Bertz CT molecular complexity index is 298. The lowest BCUT2D eigenvalue weighted by molar-refractivity contribution is 0.772. The predicted molar refractivity (Wildman–Crippen MR) is 69.3 cm³/mol. The van der Waals surface area contributed by atoms with Crippen LogP contribution in [-0.2, 0) is 6.42 Å². The highest BCUT2D eigenvalue weighted by molar-refractivity contribution is 6.18. The number of anilines is 1. The predicted octanol–water partition coefficient (Wildman–Crippen LogP) is 2.88. The fourth-order valence-corrected chi connectivity index (χ4v) is 1.87. The molecule has 0 aliphatic carbocycles. The second-order valence-electron chi connectivity index (χ2n) is 3.79. The molecule has 0 saturated carbocycles. The van der Waals surface area contributed by atoms with E-state index in [1.165, 1.54) is 0 Å². The SMILES string of the molecule is CCCc1cc(N(CCC)CCCl)ncn1. The molecule has 0 radical (unpaired) electrons. The molecule has 16 heavy (non-hydrogen) atoms. The molecule has 0 atom stereocenters. The summed E-state index contributed by atoms with van der Waals surface area (Å²) < 4.78 is 0. The Labute approximate surface area is 103 Å². The molecule has 1 rings (SSSR count). The van der Waals surface area contributed by atoms with E-state index in [0.29, 0.717) is 5.88 Å². The normalized spacial score (nSPS) is 10.4. The summed E-state index contributed by atoms with van der Waals surface area (Å²) in [6.45, 7) is 6.16. The van der Waals surface area contributed by atoms with Crippen molar-refractivity contribution in [1.29, 1.82) is 0 Å². The second-order valence-corrected chi connectivity index (χ2v) is 4.17. The van der Waals surface area contributed by atoms with Crippen LogP contribution in [-0.4, -0.2) is 28.9 Å². The Kier molecular flexibility index (Phi) is 6.16. The number of rotatable bonds is 7. The Hall–Kier alpha value is -0.830. The average molecular weight is 242 g/mol. The Balaban J connectivity index is 2.77. The van der Waals surface area contributed by atoms with Gasteiger partial charge in [0.2, 0.25) is 0 Å². The van der Waals surface area contributed by atoms with Gasteiger partial charge in [-0.1, -0.05) is 20.3 Å². The molecule has 0 N–H and O–H groups in total. The first-order chi connectivity index (χ1) is 7.81. The first-order valence-corrected chi connectivity index (χ1v) is 6.47. The van der Waals surface area contributed by atoms with Gasteiger partial charge in [-0.25, -0.2) is 9.97 Å². The maximum atomic E-state index is 5.80. The molecule has 0 saturated heterocycles. The van der Waals surface area contributed by atoms with Crippen LogP contribution in [0.1, 0.15) is 32.4 Å². The summed E-state index contributed by atoms with van der Waals surface area (Å²) >= 11 is 5.80. The molecule has 1 aromatic heterocycles. The smallest absolute Gasteiger partial charge is 0.132 e. The second kappa shape index (κ2) is 7.44. The first kappa shape index (κ1) is 13.2. The van der Waals surface area contributed by atoms with Gasteiger partial charge in [0.05, 0.1) is 0 Å². The van der Waals surface area contributed by atoms with Crippen molar-refractivity contribution in [3.63, 3.8) is 0 Å². The molecule has 4 heteroatoms. The highest BCUT2D eigenvalue weighted by Crippen LogP contribution is 2.12. The molecule has 1 aromatic rings. The van der Waals surface area contributed by atoms with Gasteiger partial charge in [-0.2, -0.15) is 0 Å². The fourth-order valence-electron chi connectivity index (χ4n) is 1.66. The molecule has 1 heterocycles. The van der Waals surface area contributed by atoms with E-state index >= 15 is 0 Å². The largest absolute Gasteiger partial charge is 0.355 e. The number of aryl methyl sites for hydroxylation is 1. The van der Waals surface area contributed by atoms with E-state index < -0.39 is 0 Å². The number of halogens is 1. The van der Waals surface area contributed by atoms with Gasteiger partial charge in [0.15, 0.2) is 0 Å². The molecule has 0 aliphatic heterocycles. The minimum absolute atomic E-state index is 0.632. The van der Waals surface area contributed by atoms with Gasteiger partial charge in [0.1, 0.15) is 12.1 Å². The topological polar surface area (TPSA) is 29.0 Å². The van der Waals surface area contributed by atoms with E-state index in [1.807, 2.05) is 0 Å². The van der Waals surface area contributed by atoms with Gasteiger partial charge in [0, 0.05) is 30.7 Å². The minimum atomic E-state index is 0.632. The summed E-state index contributed by atoms with van der Waals surface area (Å²) in [7, 11) is 0. The lowest BCUT2D eigenvalue weighted by Crippen LogP contribution is -2.27. The van der Waals surface area contributed by atoms with E-state index in [4.69, 9.17) is 11.6 Å². The summed E-state index contributed by atoms with van der Waals surface area (Å²) in [5, 5.41) is 0. The summed E-state index contributed by atoms with van der Waals surface area (Å²) in [6, 6.07) is 2.08. The van der Waals surface area contributed by atoms with Crippen LogP contribution >= 0.6 is 11.6 Å². The van der Waals surface area contributed by atoms with Crippen molar-refractivity contribution in [3.8, 4) is 0 Å². The third kappa shape index (κ3) is 3.97. The standard InChI is InChI=1S/C12H20ClN3/c1-3-5-11-9-12(15-10-14-11)16(7-4-2)8-6-13/h9-10H,3-8H2,1-2H3. The maximum absolute atomic E-state index is 5.80. The average Bonchev–Trinajstić information content (AvgIpc) is 2.30. The van der Waals surface area contributed by atoms with Gasteiger partial charge >= 0.3 is 0 Å². The van der Waals surface area contributed by atoms with Crippen molar-refractivity contribution in [1.82, 2.24) is 9.97 Å². The van der Waals surface area contributed by atoms with Gasteiger partial charge in [-0.3, -0.25) is 0 Å². The third-order valence-corrected chi connectivity index (χ3v) is 2.56. The number of hydrogen-bond acceptors (Lipinski definition) is 3. The third-order valence-electron chi connectivity index (χ3n) is 2.39. The zero-order valence-corrected chi connectivity index (χ0v) is 10.9. The Morgan fingerprint density at radius 3 is 2.62 bits per heavy atom. The zero-order valence-electron chi connectivity index (χ0n) is 10.1.